The highest BCUT2D eigenvalue weighted by atomic mass is 79.9. The van der Waals surface area contributed by atoms with Crippen LogP contribution in [0.5, 0.6) is 0 Å². The summed E-state index contributed by atoms with van der Waals surface area (Å²) >= 11 is 3.42. The van der Waals surface area contributed by atoms with Crippen LogP contribution in [-0.4, -0.2) is 5.78 Å². The van der Waals surface area contributed by atoms with E-state index in [1.807, 2.05) is 32.0 Å². The molecule has 1 aromatic carbocycles. The summed E-state index contributed by atoms with van der Waals surface area (Å²) in [4.78, 5) is 12.1. The monoisotopic (exact) mass is 292 g/mol. The zero-order chi connectivity index (χ0) is 12.4. The molecule has 0 radical (unpaired) electrons. The Bertz CT molecular complexity index is 555. The number of ketones is 1. The lowest BCUT2D eigenvalue weighted by Crippen LogP contribution is -2.00. The van der Waals surface area contributed by atoms with Crippen molar-refractivity contribution in [2.24, 2.45) is 0 Å². The van der Waals surface area contributed by atoms with Crippen LogP contribution in [0.4, 0.5) is 0 Å². The SMILES string of the molecule is CCc1ccc(C(=O)c2ccc(Br)c(C)c2)o1. The Morgan fingerprint density at radius 3 is 2.65 bits per heavy atom. The van der Waals surface area contributed by atoms with Crippen LogP contribution in [0.1, 0.15) is 34.4 Å². The van der Waals surface area contributed by atoms with Gasteiger partial charge in [0.2, 0.25) is 5.78 Å². The fourth-order valence-corrected chi connectivity index (χ4v) is 1.86. The standard InChI is InChI=1S/C14H13BrO2/c1-3-11-5-7-13(17-11)14(16)10-4-6-12(15)9(2)8-10/h4-8H,3H2,1-2H3. The first-order valence-electron chi connectivity index (χ1n) is 5.51. The summed E-state index contributed by atoms with van der Waals surface area (Å²) in [5.41, 5.74) is 1.70. The Hall–Kier alpha value is -1.35. The molecule has 2 aromatic rings. The van der Waals surface area contributed by atoms with Crippen LogP contribution >= 0.6 is 15.9 Å². The molecular formula is C14H13BrO2. The van der Waals surface area contributed by atoms with E-state index in [4.69, 9.17) is 4.42 Å². The molecular weight excluding hydrogens is 280 g/mol. The highest BCUT2D eigenvalue weighted by Crippen LogP contribution is 2.20. The molecule has 0 N–H and O–H groups in total. The van der Waals surface area contributed by atoms with E-state index in [1.165, 1.54) is 0 Å². The fourth-order valence-electron chi connectivity index (χ4n) is 1.62. The lowest BCUT2D eigenvalue weighted by molar-refractivity contribution is 0.101. The molecule has 0 spiro atoms. The maximum Gasteiger partial charge on any atom is 0.228 e. The van der Waals surface area contributed by atoms with Crippen molar-refractivity contribution < 1.29 is 9.21 Å². The molecule has 0 amide bonds. The predicted octanol–water partition coefficient (Wildman–Crippen LogP) is 4.14. The second-order valence-corrected chi connectivity index (χ2v) is 4.77. The molecule has 0 bridgehead atoms. The summed E-state index contributed by atoms with van der Waals surface area (Å²) in [5.74, 6) is 1.17. The van der Waals surface area contributed by atoms with E-state index in [0.717, 1.165) is 22.2 Å². The number of hydrogen-bond donors (Lipinski definition) is 0. The third-order valence-electron chi connectivity index (χ3n) is 2.65. The molecule has 0 atom stereocenters. The van der Waals surface area contributed by atoms with E-state index >= 15 is 0 Å². The first-order chi connectivity index (χ1) is 8.11. The van der Waals surface area contributed by atoms with E-state index < -0.39 is 0 Å². The molecule has 0 aliphatic carbocycles. The third kappa shape index (κ3) is 2.50. The van der Waals surface area contributed by atoms with Gasteiger partial charge in [-0.15, -0.1) is 0 Å². The predicted molar refractivity (Wildman–Crippen MR) is 70.4 cm³/mol. The van der Waals surface area contributed by atoms with Crippen molar-refractivity contribution in [3.05, 3.63) is 57.5 Å². The number of carbonyl (C=O) groups excluding carboxylic acids is 1. The normalized spacial score (nSPS) is 10.5. The number of carbonyl (C=O) groups is 1. The van der Waals surface area contributed by atoms with E-state index in [-0.39, 0.29) is 5.78 Å². The molecule has 0 aliphatic heterocycles. The van der Waals surface area contributed by atoms with Crippen LogP contribution in [0.15, 0.2) is 39.2 Å². The number of rotatable bonds is 3. The summed E-state index contributed by atoms with van der Waals surface area (Å²) in [6, 6.07) is 9.12. The van der Waals surface area contributed by atoms with Gasteiger partial charge in [-0.25, -0.2) is 0 Å². The number of hydrogen-bond acceptors (Lipinski definition) is 2. The smallest absolute Gasteiger partial charge is 0.228 e. The number of aryl methyl sites for hydroxylation is 2. The molecule has 1 heterocycles. The molecule has 88 valence electrons. The van der Waals surface area contributed by atoms with Crippen LogP contribution in [0.3, 0.4) is 0 Å². The molecule has 0 unspecified atom stereocenters. The molecule has 3 heteroatoms. The average molecular weight is 293 g/mol. The van der Waals surface area contributed by atoms with Crippen molar-refractivity contribution in [2.45, 2.75) is 20.3 Å². The van der Waals surface area contributed by atoms with Crippen LogP contribution in [0.2, 0.25) is 0 Å². The van der Waals surface area contributed by atoms with Gasteiger partial charge in [-0.2, -0.15) is 0 Å². The first kappa shape index (κ1) is 12.1. The lowest BCUT2D eigenvalue weighted by atomic mass is 10.1. The summed E-state index contributed by atoms with van der Waals surface area (Å²) in [6.45, 7) is 3.96. The van der Waals surface area contributed by atoms with Gasteiger partial charge in [0.05, 0.1) is 0 Å². The van der Waals surface area contributed by atoms with E-state index in [1.54, 1.807) is 12.1 Å². The summed E-state index contributed by atoms with van der Waals surface area (Å²) in [6.07, 6.45) is 0.798. The second-order valence-electron chi connectivity index (χ2n) is 3.91. The van der Waals surface area contributed by atoms with Gasteiger partial charge in [0.1, 0.15) is 5.76 Å². The second kappa shape index (κ2) is 4.88. The summed E-state index contributed by atoms with van der Waals surface area (Å²) < 4.78 is 6.46. The topological polar surface area (TPSA) is 30.2 Å². The zero-order valence-corrected chi connectivity index (χ0v) is 11.4. The van der Waals surface area contributed by atoms with Gasteiger partial charge in [-0.3, -0.25) is 4.79 Å². The molecule has 2 nitrogen and oxygen atoms in total. The molecule has 0 saturated carbocycles. The Balaban J connectivity index is 2.33. The van der Waals surface area contributed by atoms with Gasteiger partial charge >= 0.3 is 0 Å². The third-order valence-corrected chi connectivity index (χ3v) is 3.54. The lowest BCUT2D eigenvalue weighted by Gasteiger charge is -2.01. The van der Waals surface area contributed by atoms with Crippen LogP contribution in [-0.2, 0) is 6.42 Å². The van der Waals surface area contributed by atoms with E-state index in [9.17, 15) is 4.79 Å². The van der Waals surface area contributed by atoms with Gasteiger partial charge in [0.15, 0.2) is 5.76 Å². The van der Waals surface area contributed by atoms with Crippen molar-refractivity contribution in [1.82, 2.24) is 0 Å². The van der Waals surface area contributed by atoms with E-state index in [2.05, 4.69) is 15.9 Å². The molecule has 0 aliphatic rings. The minimum Gasteiger partial charge on any atom is -0.458 e. The first-order valence-corrected chi connectivity index (χ1v) is 6.30. The molecule has 0 fully saturated rings. The Morgan fingerprint density at radius 1 is 1.29 bits per heavy atom. The highest BCUT2D eigenvalue weighted by Gasteiger charge is 2.13. The van der Waals surface area contributed by atoms with Crippen molar-refractivity contribution in [2.75, 3.05) is 0 Å². The van der Waals surface area contributed by atoms with Gasteiger partial charge in [-0.1, -0.05) is 22.9 Å². The van der Waals surface area contributed by atoms with Crippen molar-refractivity contribution >= 4 is 21.7 Å². The Kier molecular flexibility index (Phi) is 3.48. The average Bonchev–Trinajstić information content (AvgIpc) is 2.80. The Morgan fingerprint density at radius 2 is 2.06 bits per heavy atom. The van der Waals surface area contributed by atoms with Crippen molar-refractivity contribution in [3.63, 3.8) is 0 Å². The van der Waals surface area contributed by atoms with Gasteiger partial charge in [-0.05, 0) is 42.8 Å². The maximum absolute atomic E-state index is 12.1. The number of halogens is 1. The molecule has 2 rings (SSSR count). The van der Waals surface area contributed by atoms with Crippen LogP contribution < -0.4 is 0 Å². The van der Waals surface area contributed by atoms with Gasteiger partial charge in [0.25, 0.3) is 0 Å². The van der Waals surface area contributed by atoms with Crippen LogP contribution in [0.25, 0.3) is 0 Å². The molecule has 17 heavy (non-hydrogen) atoms. The van der Waals surface area contributed by atoms with Crippen LogP contribution in [0, 0.1) is 6.92 Å². The number of benzene rings is 1. The van der Waals surface area contributed by atoms with Crippen molar-refractivity contribution in [1.29, 1.82) is 0 Å². The minimum absolute atomic E-state index is 0.0692. The maximum atomic E-state index is 12.1. The summed E-state index contributed by atoms with van der Waals surface area (Å²) in [7, 11) is 0. The summed E-state index contributed by atoms with van der Waals surface area (Å²) in [5, 5.41) is 0. The Labute approximate surface area is 109 Å². The molecule has 0 saturated heterocycles. The van der Waals surface area contributed by atoms with Gasteiger partial charge in [0, 0.05) is 16.5 Å². The van der Waals surface area contributed by atoms with Crippen molar-refractivity contribution in [3.8, 4) is 0 Å². The largest absolute Gasteiger partial charge is 0.458 e. The molecule has 1 aromatic heterocycles. The van der Waals surface area contributed by atoms with E-state index in [0.29, 0.717) is 11.3 Å². The fraction of sp³-hybridized carbons (Fsp3) is 0.214. The minimum atomic E-state index is -0.0692. The quantitative estimate of drug-likeness (QED) is 0.796. The zero-order valence-electron chi connectivity index (χ0n) is 9.79. The number of furan rings is 1. The van der Waals surface area contributed by atoms with Gasteiger partial charge < -0.3 is 4.42 Å². The highest BCUT2D eigenvalue weighted by molar-refractivity contribution is 9.10.